The number of hydrogen-bond acceptors (Lipinski definition) is 3. The summed E-state index contributed by atoms with van der Waals surface area (Å²) in [7, 11) is 1.67. The Kier molecular flexibility index (Phi) is 3.50. The van der Waals surface area contributed by atoms with Gasteiger partial charge in [-0.1, -0.05) is 25.5 Å². The molecule has 3 rings (SSSR count). The first-order valence-corrected chi connectivity index (χ1v) is 7.05. The molecule has 0 radical (unpaired) electrons. The van der Waals surface area contributed by atoms with Crippen molar-refractivity contribution in [3.8, 4) is 5.75 Å². The molecule has 0 atom stereocenters. The first-order chi connectivity index (χ1) is 9.81. The Labute approximate surface area is 118 Å². The molecule has 0 bridgehead atoms. The maximum atomic E-state index is 5.24. The van der Waals surface area contributed by atoms with Gasteiger partial charge < -0.3 is 4.74 Å². The van der Waals surface area contributed by atoms with E-state index in [1.165, 1.54) is 18.4 Å². The number of rotatable bonds is 4. The van der Waals surface area contributed by atoms with Crippen LogP contribution in [0.15, 0.2) is 36.4 Å². The van der Waals surface area contributed by atoms with Crippen molar-refractivity contribution in [2.45, 2.75) is 26.2 Å². The highest BCUT2D eigenvalue weighted by Crippen LogP contribution is 2.23. The normalized spacial score (nSPS) is 11.1. The molecule has 20 heavy (non-hydrogen) atoms. The van der Waals surface area contributed by atoms with Gasteiger partial charge in [0.05, 0.1) is 29.2 Å². The molecular formula is C17H18N2O. The summed E-state index contributed by atoms with van der Waals surface area (Å²) in [5.41, 5.74) is 5.07. The highest BCUT2D eigenvalue weighted by Gasteiger charge is 2.06. The summed E-state index contributed by atoms with van der Waals surface area (Å²) in [5, 5.41) is 0. The molecule has 0 N–H and O–H groups in total. The Morgan fingerprint density at radius 2 is 1.90 bits per heavy atom. The first-order valence-electron chi connectivity index (χ1n) is 7.05. The Hall–Kier alpha value is -2.16. The largest absolute Gasteiger partial charge is 0.497 e. The van der Waals surface area contributed by atoms with Crippen LogP contribution in [0.25, 0.3) is 22.1 Å². The third-order valence-electron chi connectivity index (χ3n) is 3.55. The summed E-state index contributed by atoms with van der Waals surface area (Å²) in [6, 6.07) is 12.1. The van der Waals surface area contributed by atoms with Gasteiger partial charge in [0, 0.05) is 6.07 Å². The van der Waals surface area contributed by atoms with Crippen LogP contribution in [0.4, 0.5) is 0 Å². The third kappa shape index (κ3) is 2.31. The van der Waals surface area contributed by atoms with Gasteiger partial charge in [-0.2, -0.15) is 0 Å². The molecule has 3 aromatic rings. The summed E-state index contributed by atoms with van der Waals surface area (Å²) < 4.78 is 5.24. The standard InChI is InChI=1S/C17H18N2O/c1-3-4-6-12-7-5-8-15-17(12)19-14-10-9-13(20-2)11-16(14)18-15/h5,7-11H,3-4,6H2,1-2H3. The average Bonchev–Trinajstić information content (AvgIpc) is 2.50. The number of fused-ring (bicyclic) bond motifs is 2. The zero-order chi connectivity index (χ0) is 13.9. The van der Waals surface area contributed by atoms with E-state index in [2.05, 4.69) is 19.1 Å². The Morgan fingerprint density at radius 3 is 2.70 bits per heavy atom. The Bertz CT molecular complexity index is 752. The van der Waals surface area contributed by atoms with Gasteiger partial charge in [0.1, 0.15) is 5.75 Å². The number of benzene rings is 2. The molecule has 0 unspecified atom stereocenters. The number of nitrogens with zero attached hydrogens (tertiary/aromatic N) is 2. The fraction of sp³-hybridized carbons (Fsp3) is 0.294. The zero-order valence-corrected chi connectivity index (χ0v) is 11.9. The number of aromatic nitrogens is 2. The van der Waals surface area contributed by atoms with Crippen LogP contribution in [0, 0.1) is 0 Å². The fourth-order valence-electron chi connectivity index (χ4n) is 2.43. The van der Waals surface area contributed by atoms with E-state index in [1.807, 2.05) is 24.3 Å². The smallest absolute Gasteiger partial charge is 0.121 e. The Balaban J connectivity index is 2.18. The number of unbranched alkanes of at least 4 members (excludes halogenated alkanes) is 1. The van der Waals surface area contributed by atoms with Crippen molar-refractivity contribution in [2.24, 2.45) is 0 Å². The van der Waals surface area contributed by atoms with Crippen LogP contribution in [-0.2, 0) is 6.42 Å². The van der Waals surface area contributed by atoms with Crippen molar-refractivity contribution >= 4 is 22.1 Å². The first kappa shape index (κ1) is 12.9. The maximum Gasteiger partial charge on any atom is 0.121 e. The number of aryl methyl sites for hydroxylation is 1. The van der Waals surface area contributed by atoms with Crippen molar-refractivity contribution in [2.75, 3.05) is 7.11 Å². The van der Waals surface area contributed by atoms with E-state index in [4.69, 9.17) is 14.7 Å². The SMILES string of the molecule is CCCCc1cccc2nc3cc(OC)ccc3nc12. The Morgan fingerprint density at radius 1 is 1.00 bits per heavy atom. The molecule has 0 saturated carbocycles. The molecule has 0 amide bonds. The molecule has 102 valence electrons. The second-order valence-corrected chi connectivity index (χ2v) is 4.97. The van der Waals surface area contributed by atoms with Crippen LogP contribution >= 0.6 is 0 Å². The summed E-state index contributed by atoms with van der Waals surface area (Å²) in [6.45, 7) is 2.21. The van der Waals surface area contributed by atoms with E-state index in [1.54, 1.807) is 7.11 Å². The van der Waals surface area contributed by atoms with E-state index in [-0.39, 0.29) is 0 Å². The minimum Gasteiger partial charge on any atom is -0.497 e. The van der Waals surface area contributed by atoms with E-state index < -0.39 is 0 Å². The lowest BCUT2D eigenvalue weighted by Crippen LogP contribution is -1.94. The van der Waals surface area contributed by atoms with Crippen LogP contribution in [-0.4, -0.2) is 17.1 Å². The molecule has 3 heteroatoms. The highest BCUT2D eigenvalue weighted by atomic mass is 16.5. The molecule has 0 saturated heterocycles. The van der Waals surface area contributed by atoms with E-state index in [0.717, 1.165) is 34.2 Å². The average molecular weight is 266 g/mol. The molecular weight excluding hydrogens is 248 g/mol. The summed E-state index contributed by atoms with van der Waals surface area (Å²) in [6.07, 6.45) is 3.43. The van der Waals surface area contributed by atoms with Crippen molar-refractivity contribution < 1.29 is 4.74 Å². The van der Waals surface area contributed by atoms with E-state index in [0.29, 0.717) is 0 Å². The second kappa shape index (κ2) is 5.45. The molecule has 0 spiro atoms. The summed E-state index contributed by atoms with van der Waals surface area (Å²) in [4.78, 5) is 9.50. The van der Waals surface area contributed by atoms with Gasteiger partial charge in [-0.25, -0.2) is 9.97 Å². The van der Waals surface area contributed by atoms with Crippen LogP contribution < -0.4 is 4.74 Å². The second-order valence-electron chi connectivity index (χ2n) is 4.97. The van der Waals surface area contributed by atoms with Crippen LogP contribution in [0.3, 0.4) is 0 Å². The lowest BCUT2D eigenvalue weighted by atomic mass is 10.1. The van der Waals surface area contributed by atoms with Crippen LogP contribution in [0.2, 0.25) is 0 Å². The van der Waals surface area contributed by atoms with Gasteiger partial charge in [0.25, 0.3) is 0 Å². The monoisotopic (exact) mass is 266 g/mol. The lowest BCUT2D eigenvalue weighted by molar-refractivity contribution is 0.415. The zero-order valence-electron chi connectivity index (χ0n) is 11.9. The van der Waals surface area contributed by atoms with Gasteiger partial charge >= 0.3 is 0 Å². The highest BCUT2D eigenvalue weighted by molar-refractivity contribution is 5.88. The number of ether oxygens (including phenoxy) is 1. The number of hydrogen-bond donors (Lipinski definition) is 0. The molecule has 1 aromatic heterocycles. The minimum absolute atomic E-state index is 0.813. The molecule has 0 aliphatic rings. The molecule has 1 heterocycles. The molecule has 0 fully saturated rings. The van der Waals surface area contributed by atoms with Gasteiger partial charge in [0.15, 0.2) is 0 Å². The van der Waals surface area contributed by atoms with Crippen molar-refractivity contribution in [3.63, 3.8) is 0 Å². The lowest BCUT2D eigenvalue weighted by Gasteiger charge is -2.07. The predicted octanol–water partition coefficient (Wildman–Crippen LogP) is 4.13. The van der Waals surface area contributed by atoms with Gasteiger partial charge in [-0.05, 0) is 36.6 Å². The topological polar surface area (TPSA) is 35.0 Å². The van der Waals surface area contributed by atoms with E-state index in [9.17, 15) is 0 Å². The van der Waals surface area contributed by atoms with Gasteiger partial charge in [-0.3, -0.25) is 0 Å². The fourth-order valence-corrected chi connectivity index (χ4v) is 2.43. The van der Waals surface area contributed by atoms with Crippen molar-refractivity contribution in [1.82, 2.24) is 9.97 Å². The molecule has 0 aliphatic carbocycles. The predicted molar refractivity (Wildman–Crippen MR) is 82.2 cm³/mol. The van der Waals surface area contributed by atoms with Crippen molar-refractivity contribution in [3.05, 3.63) is 42.0 Å². The third-order valence-corrected chi connectivity index (χ3v) is 3.55. The van der Waals surface area contributed by atoms with E-state index >= 15 is 0 Å². The molecule has 0 aliphatic heterocycles. The summed E-state index contributed by atoms with van der Waals surface area (Å²) >= 11 is 0. The summed E-state index contributed by atoms with van der Waals surface area (Å²) in [5.74, 6) is 0.813. The molecule has 2 aromatic carbocycles. The van der Waals surface area contributed by atoms with Crippen molar-refractivity contribution in [1.29, 1.82) is 0 Å². The van der Waals surface area contributed by atoms with Crippen LogP contribution in [0.1, 0.15) is 25.3 Å². The number of para-hydroxylation sites is 1. The molecule has 3 nitrogen and oxygen atoms in total. The maximum absolute atomic E-state index is 5.24. The number of methoxy groups -OCH3 is 1. The van der Waals surface area contributed by atoms with Gasteiger partial charge in [-0.15, -0.1) is 0 Å². The van der Waals surface area contributed by atoms with Crippen LogP contribution in [0.5, 0.6) is 5.75 Å². The quantitative estimate of drug-likeness (QED) is 0.666. The van der Waals surface area contributed by atoms with Gasteiger partial charge in [0.2, 0.25) is 0 Å². The minimum atomic E-state index is 0.813.